The van der Waals surface area contributed by atoms with Crippen LogP contribution in [0.5, 0.6) is 5.75 Å². The quantitative estimate of drug-likeness (QED) is 0.777. The van der Waals surface area contributed by atoms with E-state index in [1.807, 2.05) is 10.9 Å². The third kappa shape index (κ3) is 2.49. The molecule has 0 saturated heterocycles. The van der Waals surface area contributed by atoms with Crippen molar-refractivity contribution in [2.45, 2.75) is 26.9 Å². The van der Waals surface area contributed by atoms with E-state index in [0.717, 1.165) is 28.9 Å². The van der Waals surface area contributed by atoms with Crippen molar-refractivity contribution < 1.29 is 4.74 Å². The second-order valence-electron chi connectivity index (χ2n) is 4.62. The number of benzene rings is 1. The van der Waals surface area contributed by atoms with Crippen LogP contribution in [0.1, 0.15) is 23.9 Å². The van der Waals surface area contributed by atoms with Crippen LogP contribution >= 0.6 is 11.3 Å². The number of aromatic amines is 1. The standard InChI is InChI=1S/C15H16N2OS/c1-3-12-5-11-4-10(2)15(6-14(11)17-12)18-7-13-8-19-9-16-13/h4-6,8-9,17H,3,7H2,1-2H3. The molecule has 0 aliphatic carbocycles. The minimum absolute atomic E-state index is 0.525. The van der Waals surface area contributed by atoms with E-state index in [9.17, 15) is 0 Å². The van der Waals surface area contributed by atoms with E-state index >= 15 is 0 Å². The fourth-order valence-corrected chi connectivity index (χ4v) is 2.68. The number of ether oxygens (including phenoxy) is 1. The van der Waals surface area contributed by atoms with Crippen molar-refractivity contribution in [3.05, 3.63) is 46.0 Å². The summed E-state index contributed by atoms with van der Waals surface area (Å²) in [4.78, 5) is 7.64. The van der Waals surface area contributed by atoms with Gasteiger partial charge in [-0.3, -0.25) is 0 Å². The zero-order valence-corrected chi connectivity index (χ0v) is 11.9. The predicted molar refractivity (Wildman–Crippen MR) is 78.9 cm³/mol. The minimum Gasteiger partial charge on any atom is -0.487 e. The van der Waals surface area contributed by atoms with Gasteiger partial charge in [0.25, 0.3) is 0 Å². The van der Waals surface area contributed by atoms with Gasteiger partial charge in [0.15, 0.2) is 0 Å². The highest BCUT2D eigenvalue weighted by Gasteiger charge is 2.06. The molecule has 2 heterocycles. The second-order valence-corrected chi connectivity index (χ2v) is 5.34. The molecule has 0 bridgehead atoms. The highest BCUT2D eigenvalue weighted by atomic mass is 32.1. The van der Waals surface area contributed by atoms with Crippen molar-refractivity contribution in [3.8, 4) is 5.75 Å². The molecule has 3 nitrogen and oxygen atoms in total. The molecule has 0 saturated carbocycles. The van der Waals surface area contributed by atoms with Crippen LogP contribution in [0, 0.1) is 6.92 Å². The predicted octanol–water partition coefficient (Wildman–Crippen LogP) is 4.07. The Morgan fingerprint density at radius 1 is 1.32 bits per heavy atom. The van der Waals surface area contributed by atoms with Gasteiger partial charge in [0.05, 0.1) is 11.2 Å². The van der Waals surface area contributed by atoms with E-state index in [4.69, 9.17) is 4.74 Å². The number of hydrogen-bond donors (Lipinski definition) is 1. The highest BCUT2D eigenvalue weighted by Crippen LogP contribution is 2.26. The van der Waals surface area contributed by atoms with Gasteiger partial charge < -0.3 is 9.72 Å². The van der Waals surface area contributed by atoms with Gasteiger partial charge in [0, 0.05) is 28.0 Å². The Hall–Kier alpha value is -1.81. The number of nitrogens with one attached hydrogen (secondary N) is 1. The number of fused-ring (bicyclic) bond motifs is 1. The number of nitrogens with zero attached hydrogens (tertiary/aromatic N) is 1. The van der Waals surface area contributed by atoms with E-state index < -0.39 is 0 Å². The van der Waals surface area contributed by atoms with Crippen LogP contribution < -0.4 is 4.74 Å². The number of rotatable bonds is 4. The first-order chi connectivity index (χ1) is 9.26. The van der Waals surface area contributed by atoms with Crippen molar-refractivity contribution in [1.29, 1.82) is 0 Å². The molecule has 1 N–H and O–H groups in total. The van der Waals surface area contributed by atoms with Crippen LogP contribution in [-0.2, 0) is 13.0 Å². The third-order valence-electron chi connectivity index (χ3n) is 3.21. The molecule has 2 aromatic heterocycles. The molecule has 19 heavy (non-hydrogen) atoms. The Bertz CT molecular complexity index is 686. The van der Waals surface area contributed by atoms with Gasteiger partial charge in [-0.05, 0) is 31.0 Å². The Morgan fingerprint density at radius 2 is 2.21 bits per heavy atom. The summed E-state index contributed by atoms with van der Waals surface area (Å²) in [5.41, 5.74) is 6.35. The molecular formula is C15H16N2OS. The molecule has 0 radical (unpaired) electrons. The van der Waals surface area contributed by atoms with Crippen LogP contribution in [0.2, 0.25) is 0 Å². The monoisotopic (exact) mass is 272 g/mol. The number of aromatic nitrogens is 2. The topological polar surface area (TPSA) is 37.9 Å². The Kier molecular flexibility index (Phi) is 3.25. The summed E-state index contributed by atoms with van der Waals surface area (Å²) in [5, 5.41) is 3.26. The Morgan fingerprint density at radius 3 is 2.95 bits per heavy atom. The lowest BCUT2D eigenvalue weighted by molar-refractivity contribution is 0.300. The molecule has 0 unspecified atom stereocenters. The highest BCUT2D eigenvalue weighted by molar-refractivity contribution is 7.07. The molecule has 0 aliphatic heterocycles. The van der Waals surface area contributed by atoms with Crippen molar-refractivity contribution in [2.24, 2.45) is 0 Å². The average Bonchev–Trinajstić information content (AvgIpc) is 3.04. The molecular weight excluding hydrogens is 256 g/mol. The number of aryl methyl sites for hydroxylation is 2. The second kappa shape index (κ2) is 5.05. The molecule has 0 atom stereocenters. The summed E-state index contributed by atoms with van der Waals surface area (Å²) in [6, 6.07) is 6.45. The summed E-state index contributed by atoms with van der Waals surface area (Å²) in [6.45, 7) is 4.75. The first-order valence-electron chi connectivity index (χ1n) is 6.38. The van der Waals surface area contributed by atoms with Gasteiger partial charge in [-0.1, -0.05) is 6.92 Å². The van der Waals surface area contributed by atoms with Gasteiger partial charge in [0.1, 0.15) is 12.4 Å². The molecule has 0 amide bonds. The lowest BCUT2D eigenvalue weighted by atomic mass is 10.1. The van der Waals surface area contributed by atoms with Crippen LogP contribution in [0.15, 0.2) is 29.1 Å². The van der Waals surface area contributed by atoms with E-state index in [1.165, 1.54) is 11.1 Å². The van der Waals surface area contributed by atoms with Gasteiger partial charge in [0.2, 0.25) is 0 Å². The molecule has 1 aromatic carbocycles. The van der Waals surface area contributed by atoms with Gasteiger partial charge in [-0.2, -0.15) is 0 Å². The smallest absolute Gasteiger partial charge is 0.131 e. The molecule has 98 valence electrons. The first-order valence-corrected chi connectivity index (χ1v) is 7.32. The third-order valence-corrected chi connectivity index (χ3v) is 3.85. The molecule has 4 heteroatoms. The summed E-state index contributed by atoms with van der Waals surface area (Å²) in [7, 11) is 0. The molecule has 0 spiro atoms. The molecule has 3 rings (SSSR count). The largest absolute Gasteiger partial charge is 0.487 e. The maximum atomic E-state index is 5.86. The SMILES string of the molecule is CCc1cc2cc(C)c(OCc3cscn3)cc2[nH]1. The summed E-state index contributed by atoms with van der Waals surface area (Å²) in [6.07, 6.45) is 1.02. The first kappa shape index (κ1) is 12.2. The van der Waals surface area contributed by atoms with Crippen LogP contribution in [0.25, 0.3) is 10.9 Å². The number of hydrogen-bond acceptors (Lipinski definition) is 3. The van der Waals surface area contributed by atoms with Crippen molar-refractivity contribution in [2.75, 3.05) is 0 Å². The fraction of sp³-hybridized carbons (Fsp3) is 0.267. The van der Waals surface area contributed by atoms with Crippen LogP contribution in [0.3, 0.4) is 0 Å². The average molecular weight is 272 g/mol. The van der Waals surface area contributed by atoms with Gasteiger partial charge in [-0.25, -0.2) is 4.98 Å². The number of thiazole rings is 1. The van der Waals surface area contributed by atoms with E-state index in [0.29, 0.717) is 6.61 Å². The zero-order chi connectivity index (χ0) is 13.2. The fourth-order valence-electron chi connectivity index (χ4n) is 2.14. The maximum absolute atomic E-state index is 5.86. The molecule has 3 aromatic rings. The normalized spacial score (nSPS) is 11.1. The lowest BCUT2D eigenvalue weighted by Crippen LogP contribution is -1.97. The van der Waals surface area contributed by atoms with E-state index in [2.05, 4.69) is 42.0 Å². The van der Waals surface area contributed by atoms with Crippen molar-refractivity contribution in [1.82, 2.24) is 9.97 Å². The minimum atomic E-state index is 0.525. The molecule has 0 fully saturated rings. The van der Waals surface area contributed by atoms with E-state index in [1.54, 1.807) is 11.3 Å². The van der Waals surface area contributed by atoms with Crippen LogP contribution in [-0.4, -0.2) is 9.97 Å². The Balaban J connectivity index is 1.88. The lowest BCUT2D eigenvalue weighted by Gasteiger charge is -2.08. The van der Waals surface area contributed by atoms with E-state index in [-0.39, 0.29) is 0 Å². The Labute approximate surface area is 116 Å². The van der Waals surface area contributed by atoms with Gasteiger partial charge >= 0.3 is 0 Å². The summed E-state index contributed by atoms with van der Waals surface area (Å²) >= 11 is 1.59. The molecule has 0 aliphatic rings. The van der Waals surface area contributed by atoms with Crippen LogP contribution in [0.4, 0.5) is 0 Å². The number of H-pyrrole nitrogens is 1. The summed E-state index contributed by atoms with van der Waals surface area (Å²) in [5.74, 6) is 0.921. The zero-order valence-electron chi connectivity index (χ0n) is 11.1. The maximum Gasteiger partial charge on any atom is 0.131 e. The van der Waals surface area contributed by atoms with Gasteiger partial charge in [-0.15, -0.1) is 11.3 Å². The summed E-state index contributed by atoms with van der Waals surface area (Å²) < 4.78 is 5.86. The van der Waals surface area contributed by atoms with Crippen molar-refractivity contribution in [3.63, 3.8) is 0 Å². The van der Waals surface area contributed by atoms with Crippen molar-refractivity contribution >= 4 is 22.2 Å².